The molecular formula is C14H14N4. The van der Waals surface area contributed by atoms with Crippen LogP contribution in [0.5, 0.6) is 0 Å². The monoisotopic (exact) mass is 238 g/mol. The Morgan fingerprint density at radius 1 is 0.889 bits per heavy atom. The van der Waals surface area contributed by atoms with E-state index in [1.54, 1.807) is 6.21 Å². The lowest BCUT2D eigenvalue weighted by atomic mass is 10.0. The lowest BCUT2D eigenvalue weighted by Gasteiger charge is -2.01. The molecule has 2 rings (SSSR count). The van der Waals surface area contributed by atoms with E-state index < -0.39 is 0 Å². The fraction of sp³-hybridized carbons (Fsp3) is 0. The molecule has 0 saturated carbocycles. The molecule has 0 fully saturated rings. The van der Waals surface area contributed by atoms with Gasteiger partial charge in [-0.3, -0.25) is 0 Å². The summed E-state index contributed by atoms with van der Waals surface area (Å²) in [6.07, 6.45) is 1.63. The highest BCUT2D eigenvalue weighted by atomic mass is 15.2. The standard InChI is InChI=1S/C14H14N4/c15-14(18-16)17-10-11-6-8-13(9-7-11)12-4-2-1-3-5-12/h1-10H,16H2,(H2,15,18). The highest BCUT2D eigenvalue weighted by Gasteiger charge is 1.95. The molecule has 18 heavy (non-hydrogen) atoms. The van der Waals surface area contributed by atoms with Crippen LogP contribution in [0.2, 0.25) is 0 Å². The number of hydrogen-bond donors (Lipinski definition) is 2. The average molecular weight is 238 g/mol. The Morgan fingerprint density at radius 2 is 1.50 bits per heavy atom. The van der Waals surface area contributed by atoms with Crippen molar-refractivity contribution < 1.29 is 0 Å². The van der Waals surface area contributed by atoms with Crippen LogP contribution in [-0.4, -0.2) is 12.2 Å². The van der Waals surface area contributed by atoms with Gasteiger partial charge in [0, 0.05) is 6.21 Å². The number of guanidine groups is 1. The van der Waals surface area contributed by atoms with E-state index >= 15 is 0 Å². The predicted octanol–water partition coefficient (Wildman–Crippen LogP) is 1.96. The van der Waals surface area contributed by atoms with Crippen LogP contribution in [0.1, 0.15) is 5.56 Å². The summed E-state index contributed by atoms with van der Waals surface area (Å²) in [5.74, 6) is 5.04. The van der Waals surface area contributed by atoms with Gasteiger partial charge in [-0.2, -0.15) is 0 Å². The van der Waals surface area contributed by atoms with Gasteiger partial charge in [-0.15, -0.1) is 5.10 Å². The SMILES string of the molecule is NN=C(N)N=Cc1ccc(-c2ccccc2)cc1. The minimum atomic E-state index is 0.0575. The molecule has 0 aliphatic heterocycles. The molecule has 0 spiro atoms. The third-order valence-electron chi connectivity index (χ3n) is 2.50. The lowest BCUT2D eigenvalue weighted by molar-refractivity contribution is 1.21. The van der Waals surface area contributed by atoms with Crippen LogP contribution in [0, 0.1) is 0 Å². The number of nitrogens with two attached hydrogens (primary N) is 2. The van der Waals surface area contributed by atoms with Gasteiger partial charge in [0.2, 0.25) is 5.96 Å². The minimum absolute atomic E-state index is 0.0575. The highest BCUT2D eigenvalue weighted by Crippen LogP contribution is 2.18. The van der Waals surface area contributed by atoms with Crippen molar-refractivity contribution in [3.05, 3.63) is 60.2 Å². The third-order valence-corrected chi connectivity index (χ3v) is 2.50. The molecule has 0 radical (unpaired) electrons. The van der Waals surface area contributed by atoms with Gasteiger partial charge < -0.3 is 11.6 Å². The summed E-state index contributed by atoms with van der Waals surface area (Å²) in [6, 6.07) is 18.2. The first-order valence-electron chi connectivity index (χ1n) is 5.52. The summed E-state index contributed by atoms with van der Waals surface area (Å²) in [5.41, 5.74) is 8.66. The minimum Gasteiger partial charge on any atom is -0.367 e. The van der Waals surface area contributed by atoms with Crippen molar-refractivity contribution in [2.24, 2.45) is 21.7 Å². The van der Waals surface area contributed by atoms with Crippen LogP contribution in [0.4, 0.5) is 0 Å². The summed E-state index contributed by atoms with van der Waals surface area (Å²) >= 11 is 0. The molecule has 2 aromatic rings. The van der Waals surface area contributed by atoms with Crippen molar-refractivity contribution in [2.75, 3.05) is 0 Å². The van der Waals surface area contributed by atoms with Crippen LogP contribution in [0.3, 0.4) is 0 Å². The largest absolute Gasteiger partial charge is 0.367 e. The van der Waals surface area contributed by atoms with Gasteiger partial charge >= 0.3 is 0 Å². The van der Waals surface area contributed by atoms with E-state index in [0.29, 0.717) is 0 Å². The topological polar surface area (TPSA) is 76.8 Å². The number of hydrogen-bond acceptors (Lipinski definition) is 2. The maximum Gasteiger partial charge on any atom is 0.236 e. The fourth-order valence-corrected chi connectivity index (χ4v) is 1.57. The zero-order valence-corrected chi connectivity index (χ0v) is 9.82. The van der Waals surface area contributed by atoms with Crippen molar-refractivity contribution in [3.63, 3.8) is 0 Å². The van der Waals surface area contributed by atoms with Gasteiger partial charge in [0.25, 0.3) is 0 Å². The molecule has 0 aliphatic carbocycles. The fourth-order valence-electron chi connectivity index (χ4n) is 1.57. The maximum absolute atomic E-state index is 5.37. The Bertz CT molecular complexity index is 556. The van der Waals surface area contributed by atoms with E-state index in [1.807, 2.05) is 42.5 Å². The molecule has 0 saturated heterocycles. The van der Waals surface area contributed by atoms with Crippen molar-refractivity contribution in [1.29, 1.82) is 0 Å². The van der Waals surface area contributed by atoms with E-state index in [4.69, 9.17) is 11.6 Å². The van der Waals surface area contributed by atoms with Crippen molar-refractivity contribution in [2.45, 2.75) is 0 Å². The molecule has 0 aromatic heterocycles. The van der Waals surface area contributed by atoms with Crippen LogP contribution >= 0.6 is 0 Å². The van der Waals surface area contributed by atoms with E-state index in [1.165, 1.54) is 5.56 Å². The maximum atomic E-state index is 5.37. The number of benzene rings is 2. The van der Waals surface area contributed by atoms with Gasteiger partial charge in [-0.05, 0) is 16.7 Å². The summed E-state index contributed by atoms with van der Waals surface area (Å²) in [7, 11) is 0. The van der Waals surface area contributed by atoms with Crippen molar-refractivity contribution in [1.82, 2.24) is 0 Å². The second-order valence-corrected chi connectivity index (χ2v) is 3.73. The van der Waals surface area contributed by atoms with Gasteiger partial charge in [0.05, 0.1) is 0 Å². The lowest BCUT2D eigenvalue weighted by Crippen LogP contribution is -2.10. The first-order chi connectivity index (χ1) is 8.79. The average Bonchev–Trinajstić information content (AvgIpc) is 2.46. The number of rotatable bonds is 2. The Kier molecular flexibility index (Phi) is 3.71. The molecule has 90 valence electrons. The molecule has 4 nitrogen and oxygen atoms in total. The summed E-state index contributed by atoms with van der Waals surface area (Å²) < 4.78 is 0. The van der Waals surface area contributed by atoms with Crippen LogP contribution in [0.15, 0.2) is 64.7 Å². The van der Waals surface area contributed by atoms with E-state index in [0.717, 1.165) is 11.1 Å². The molecule has 0 amide bonds. The molecule has 0 atom stereocenters. The number of aliphatic imine (C=N–C) groups is 1. The molecular weight excluding hydrogens is 224 g/mol. The molecule has 0 unspecified atom stereocenters. The van der Waals surface area contributed by atoms with Gasteiger partial charge in [0.1, 0.15) is 0 Å². The Morgan fingerprint density at radius 3 is 2.11 bits per heavy atom. The Hall–Kier alpha value is -2.62. The summed E-state index contributed by atoms with van der Waals surface area (Å²) in [5, 5.41) is 3.27. The predicted molar refractivity (Wildman–Crippen MR) is 75.3 cm³/mol. The summed E-state index contributed by atoms with van der Waals surface area (Å²) in [6.45, 7) is 0. The van der Waals surface area contributed by atoms with Crippen LogP contribution in [-0.2, 0) is 0 Å². The van der Waals surface area contributed by atoms with Gasteiger partial charge in [-0.1, -0.05) is 54.6 Å². The molecule has 0 aliphatic rings. The Balaban J connectivity index is 2.18. The quantitative estimate of drug-likeness (QED) is 0.363. The normalized spacial score (nSPS) is 11.9. The smallest absolute Gasteiger partial charge is 0.236 e. The van der Waals surface area contributed by atoms with Crippen LogP contribution in [0.25, 0.3) is 11.1 Å². The van der Waals surface area contributed by atoms with Gasteiger partial charge in [0.15, 0.2) is 0 Å². The van der Waals surface area contributed by atoms with E-state index in [-0.39, 0.29) is 5.96 Å². The summed E-state index contributed by atoms with van der Waals surface area (Å²) in [4.78, 5) is 3.89. The van der Waals surface area contributed by atoms with Crippen molar-refractivity contribution in [3.8, 4) is 11.1 Å². The first kappa shape index (κ1) is 11.9. The van der Waals surface area contributed by atoms with Crippen molar-refractivity contribution >= 4 is 12.2 Å². The zero-order valence-electron chi connectivity index (χ0n) is 9.82. The molecule has 0 bridgehead atoms. The number of nitrogens with zero attached hydrogens (tertiary/aromatic N) is 2. The third kappa shape index (κ3) is 2.95. The first-order valence-corrected chi connectivity index (χ1v) is 5.52. The van der Waals surface area contributed by atoms with Crippen LogP contribution < -0.4 is 11.6 Å². The second-order valence-electron chi connectivity index (χ2n) is 3.73. The molecule has 0 heterocycles. The Labute approximate surface area is 106 Å². The molecule has 4 N–H and O–H groups in total. The highest BCUT2D eigenvalue weighted by molar-refractivity contribution is 5.92. The zero-order chi connectivity index (χ0) is 12.8. The molecule has 2 aromatic carbocycles. The van der Waals surface area contributed by atoms with E-state index in [9.17, 15) is 0 Å². The van der Waals surface area contributed by atoms with Gasteiger partial charge in [-0.25, -0.2) is 4.99 Å². The number of hydrazone groups is 1. The second kappa shape index (κ2) is 5.63. The molecule has 4 heteroatoms. The van der Waals surface area contributed by atoms with E-state index in [2.05, 4.69) is 22.2 Å².